The Hall–Kier alpha value is -2.06. The molecule has 0 spiro atoms. The number of carbonyl (C=O) groups is 2. The molecule has 1 heterocycles. The van der Waals surface area contributed by atoms with Crippen molar-refractivity contribution in [3.8, 4) is 11.5 Å². The van der Waals surface area contributed by atoms with Crippen LogP contribution in [0.5, 0.6) is 11.5 Å². The molecule has 0 aromatic heterocycles. The number of benzene rings is 1. The molecule has 1 aromatic rings. The minimum absolute atomic E-state index is 0.222. The molecule has 26 heavy (non-hydrogen) atoms. The predicted molar refractivity (Wildman–Crippen MR) is 105 cm³/mol. The lowest BCUT2D eigenvalue weighted by Gasteiger charge is -2.27. The van der Waals surface area contributed by atoms with Crippen molar-refractivity contribution in [1.82, 2.24) is 4.90 Å². The van der Waals surface area contributed by atoms with Crippen molar-refractivity contribution in [1.29, 1.82) is 0 Å². The van der Waals surface area contributed by atoms with Crippen LogP contribution in [0.4, 0.5) is 0 Å². The molecule has 2 rings (SSSR count). The molecule has 0 aliphatic carbocycles. The Morgan fingerprint density at radius 3 is 2.62 bits per heavy atom. The molecular weight excluding hydrogens is 374 g/mol. The van der Waals surface area contributed by atoms with E-state index in [2.05, 4.69) is 0 Å². The maximum Gasteiger partial charge on any atom is 0.327 e. The van der Waals surface area contributed by atoms with Crippen LogP contribution in [0.15, 0.2) is 23.1 Å². The van der Waals surface area contributed by atoms with Gasteiger partial charge in [-0.15, -0.1) is 0 Å². The highest BCUT2D eigenvalue weighted by atomic mass is 32.2. The summed E-state index contributed by atoms with van der Waals surface area (Å²) < 4.78 is 10.9. The van der Waals surface area contributed by atoms with Crippen molar-refractivity contribution >= 4 is 46.3 Å². The van der Waals surface area contributed by atoms with Gasteiger partial charge in [0.05, 0.1) is 19.1 Å². The summed E-state index contributed by atoms with van der Waals surface area (Å²) in [4.78, 5) is 26.1. The van der Waals surface area contributed by atoms with Crippen molar-refractivity contribution in [2.24, 2.45) is 5.92 Å². The van der Waals surface area contributed by atoms with Gasteiger partial charge in [-0.3, -0.25) is 9.69 Å². The molecule has 1 N–H and O–H groups in total. The first kappa shape index (κ1) is 20.3. The summed E-state index contributed by atoms with van der Waals surface area (Å²) >= 11 is 6.38. The molecule has 6 nitrogen and oxygen atoms in total. The lowest BCUT2D eigenvalue weighted by Crippen LogP contribution is -2.47. The first-order chi connectivity index (χ1) is 12.3. The Morgan fingerprint density at radius 1 is 1.38 bits per heavy atom. The third kappa shape index (κ3) is 3.86. The summed E-state index contributed by atoms with van der Waals surface area (Å²) in [6.45, 7) is 3.68. The number of amides is 1. The Labute approximate surface area is 162 Å². The number of hydrogen-bond acceptors (Lipinski definition) is 6. The molecule has 1 saturated heterocycles. The van der Waals surface area contributed by atoms with E-state index in [9.17, 15) is 14.7 Å². The van der Waals surface area contributed by atoms with Crippen LogP contribution in [0.25, 0.3) is 6.08 Å². The highest BCUT2D eigenvalue weighted by Crippen LogP contribution is 2.39. The van der Waals surface area contributed by atoms with Gasteiger partial charge in [0.2, 0.25) is 0 Å². The van der Waals surface area contributed by atoms with Crippen LogP contribution in [-0.4, -0.2) is 46.5 Å². The maximum absolute atomic E-state index is 12.9. The highest BCUT2D eigenvalue weighted by Gasteiger charge is 2.42. The van der Waals surface area contributed by atoms with E-state index in [0.29, 0.717) is 28.4 Å². The molecule has 1 fully saturated rings. The maximum atomic E-state index is 12.9. The van der Waals surface area contributed by atoms with Gasteiger partial charge < -0.3 is 14.6 Å². The molecule has 0 bridgehead atoms. The fourth-order valence-electron chi connectivity index (χ4n) is 2.72. The van der Waals surface area contributed by atoms with Crippen molar-refractivity contribution in [2.45, 2.75) is 26.3 Å². The Kier molecular flexibility index (Phi) is 6.66. The molecule has 0 saturated carbocycles. The van der Waals surface area contributed by atoms with Gasteiger partial charge in [-0.25, -0.2) is 4.79 Å². The average Bonchev–Trinajstić information content (AvgIpc) is 2.88. The SMILES string of the molecule is CC[C@H](C)[C@H](C(=O)O)N1C(=O)/C(=C/c2cccc(OC)c2OC)SC1=S. The smallest absolute Gasteiger partial charge is 0.327 e. The number of carboxylic acid groups (broad SMARTS) is 1. The molecule has 0 unspecified atom stereocenters. The number of methoxy groups -OCH3 is 2. The standard InChI is InChI=1S/C18H21NO5S2/c1-5-10(2)14(17(21)22)19-16(20)13(26-18(19)25)9-11-7-6-8-12(23-3)15(11)24-4/h6-10,14H,5H2,1-4H3,(H,21,22)/b13-9-/t10-,14+/m0/s1. The first-order valence-corrected chi connectivity index (χ1v) is 9.29. The van der Waals surface area contributed by atoms with Gasteiger partial charge in [-0.05, 0) is 18.1 Å². The van der Waals surface area contributed by atoms with Crippen molar-refractivity contribution in [3.63, 3.8) is 0 Å². The number of hydrogen-bond donors (Lipinski definition) is 1. The number of rotatable bonds is 7. The zero-order chi connectivity index (χ0) is 19.4. The predicted octanol–water partition coefficient (Wildman–Crippen LogP) is 3.40. The van der Waals surface area contributed by atoms with Gasteiger partial charge >= 0.3 is 5.97 Å². The lowest BCUT2D eigenvalue weighted by atomic mass is 9.98. The van der Waals surface area contributed by atoms with Gasteiger partial charge in [-0.1, -0.05) is 56.4 Å². The van der Waals surface area contributed by atoms with Crippen LogP contribution in [0, 0.1) is 5.92 Å². The van der Waals surface area contributed by atoms with E-state index in [0.717, 1.165) is 11.8 Å². The van der Waals surface area contributed by atoms with Crippen LogP contribution < -0.4 is 9.47 Å². The molecule has 8 heteroatoms. The van der Waals surface area contributed by atoms with Gasteiger partial charge in [0.1, 0.15) is 10.4 Å². The van der Waals surface area contributed by atoms with Crippen LogP contribution >= 0.6 is 24.0 Å². The highest BCUT2D eigenvalue weighted by molar-refractivity contribution is 8.26. The summed E-state index contributed by atoms with van der Waals surface area (Å²) in [6.07, 6.45) is 2.27. The number of thiocarbonyl (C=S) groups is 1. The molecule has 140 valence electrons. The topological polar surface area (TPSA) is 76.1 Å². The monoisotopic (exact) mass is 395 g/mol. The minimum atomic E-state index is -1.06. The molecule has 1 amide bonds. The fourth-order valence-corrected chi connectivity index (χ4v) is 4.04. The average molecular weight is 396 g/mol. The summed E-state index contributed by atoms with van der Waals surface area (Å²) in [5.74, 6) is -0.647. The summed E-state index contributed by atoms with van der Waals surface area (Å²) in [5, 5.41) is 9.58. The van der Waals surface area contributed by atoms with Crippen LogP contribution in [-0.2, 0) is 9.59 Å². The molecule has 0 radical (unpaired) electrons. The van der Waals surface area contributed by atoms with Crippen LogP contribution in [0.2, 0.25) is 0 Å². The van der Waals surface area contributed by atoms with E-state index in [-0.39, 0.29) is 10.2 Å². The zero-order valence-corrected chi connectivity index (χ0v) is 16.6. The third-order valence-corrected chi connectivity index (χ3v) is 5.59. The zero-order valence-electron chi connectivity index (χ0n) is 15.0. The normalized spacial score (nSPS) is 18.2. The van der Waals surface area contributed by atoms with E-state index in [1.54, 1.807) is 31.2 Å². The van der Waals surface area contributed by atoms with E-state index in [1.807, 2.05) is 6.92 Å². The Morgan fingerprint density at radius 2 is 2.08 bits per heavy atom. The number of carboxylic acids is 1. The largest absolute Gasteiger partial charge is 0.493 e. The molecule has 1 aliphatic heterocycles. The first-order valence-electron chi connectivity index (χ1n) is 8.06. The molecular formula is C18H21NO5S2. The lowest BCUT2D eigenvalue weighted by molar-refractivity contribution is -0.147. The van der Waals surface area contributed by atoms with Gasteiger partial charge in [0, 0.05) is 5.56 Å². The number of carbonyl (C=O) groups excluding carboxylic acids is 1. The molecule has 1 aliphatic rings. The van der Waals surface area contributed by atoms with E-state index in [4.69, 9.17) is 21.7 Å². The molecule has 2 atom stereocenters. The summed E-state index contributed by atoms with van der Waals surface area (Å²) in [5.41, 5.74) is 0.655. The molecule has 1 aromatic carbocycles. The van der Waals surface area contributed by atoms with Crippen LogP contribution in [0.1, 0.15) is 25.8 Å². The minimum Gasteiger partial charge on any atom is -0.493 e. The number of para-hydroxylation sites is 1. The van der Waals surface area contributed by atoms with Gasteiger partial charge in [0.25, 0.3) is 5.91 Å². The third-order valence-electron chi connectivity index (χ3n) is 4.26. The van der Waals surface area contributed by atoms with Crippen molar-refractivity contribution < 1.29 is 24.2 Å². The number of aliphatic carboxylic acids is 1. The fraction of sp³-hybridized carbons (Fsp3) is 0.389. The van der Waals surface area contributed by atoms with Crippen molar-refractivity contribution in [3.05, 3.63) is 28.7 Å². The second-order valence-corrected chi connectivity index (χ2v) is 7.48. The van der Waals surface area contributed by atoms with E-state index >= 15 is 0 Å². The number of thioether (sulfide) groups is 1. The second kappa shape index (κ2) is 8.55. The summed E-state index contributed by atoms with van der Waals surface area (Å²) in [6, 6.07) is 4.35. The van der Waals surface area contributed by atoms with Crippen LogP contribution in [0.3, 0.4) is 0 Å². The number of ether oxygens (including phenoxy) is 2. The Balaban J connectivity index is 2.43. The van der Waals surface area contributed by atoms with E-state index in [1.165, 1.54) is 19.1 Å². The van der Waals surface area contributed by atoms with Crippen molar-refractivity contribution in [2.75, 3.05) is 14.2 Å². The quantitative estimate of drug-likeness (QED) is 0.560. The van der Waals surface area contributed by atoms with Gasteiger partial charge in [-0.2, -0.15) is 0 Å². The Bertz CT molecular complexity index is 762. The van der Waals surface area contributed by atoms with Gasteiger partial charge in [0.15, 0.2) is 11.5 Å². The number of nitrogens with zero attached hydrogens (tertiary/aromatic N) is 1. The van der Waals surface area contributed by atoms with E-state index < -0.39 is 17.9 Å². The second-order valence-electron chi connectivity index (χ2n) is 5.80. The summed E-state index contributed by atoms with van der Waals surface area (Å²) in [7, 11) is 3.05.